The largest absolute Gasteiger partial charge is 0.356 e. The molecule has 128 valence electrons. The van der Waals surface area contributed by atoms with Gasteiger partial charge in [-0.15, -0.1) is 0 Å². The first kappa shape index (κ1) is 19.5. The van der Waals surface area contributed by atoms with Gasteiger partial charge in [0.25, 0.3) is 0 Å². The van der Waals surface area contributed by atoms with Gasteiger partial charge in [0.05, 0.1) is 0 Å². The highest BCUT2D eigenvalue weighted by Crippen LogP contribution is 2.19. The number of carbonyl (C=O) groups excluding carboxylic acids is 1. The average molecular weight is 383 g/mol. The monoisotopic (exact) mass is 382 g/mol. The number of unbranched alkanes of at least 4 members (excludes halogenated alkanes) is 2. The highest BCUT2D eigenvalue weighted by molar-refractivity contribution is 9.10. The van der Waals surface area contributed by atoms with Crippen molar-refractivity contribution in [3.63, 3.8) is 0 Å². The molecule has 0 saturated heterocycles. The van der Waals surface area contributed by atoms with Crippen LogP contribution in [0.3, 0.4) is 0 Å². The van der Waals surface area contributed by atoms with Crippen LogP contribution in [0.1, 0.15) is 38.2 Å². The van der Waals surface area contributed by atoms with E-state index in [1.165, 1.54) is 12.8 Å². The third-order valence-corrected chi connectivity index (χ3v) is 3.90. The molecule has 0 heterocycles. The molecule has 0 bridgehead atoms. The number of hydrogen-bond donors (Lipinski definition) is 3. The van der Waals surface area contributed by atoms with E-state index in [-0.39, 0.29) is 5.91 Å². The van der Waals surface area contributed by atoms with Crippen molar-refractivity contribution < 1.29 is 4.79 Å². The van der Waals surface area contributed by atoms with Gasteiger partial charge in [0.1, 0.15) is 0 Å². The number of carbonyl (C=O) groups is 1. The lowest BCUT2D eigenvalue weighted by molar-refractivity contribution is -0.116. The van der Waals surface area contributed by atoms with Gasteiger partial charge in [-0.25, -0.2) is 0 Å². The fourth-order valence-corrected chi connectivity index (χ4v) is 2.55. The van der Waals surface area contributed by atoms with E-state index in [9.17, 15) is 4.79 Å². The van der Waals surface area contributed by atoms with Gasteiger partial charge in [0, 0.05) is 36.7 Å². The van der Waals surface area contributed by atoms with E-state index >= 15 is 0 Å². The summed E-state index contributed by atoms with van der Waals surface area (Å²) >= 11 is 3.42. The second-order valence-electron chi connectivity index (χ2n) is 5.39. The highest BCUT2D eigenvalue weighted by atomic mass is 79.9. The van der Waals surface area contributed by atoms with Crippen LogP contribution < -0.4 is 16.0 Å². The van der Waals surface area contributed by atoms with Gasteiger partial charge in [0.2, 0.25) is 5.91 Å². The standard InChI is InChI=1S/C17H27BrN4O/c1-4-5-6-10-20-17(19-3)21-11-9-16(23)22-15-8-7-14(18)12-13(15)2/h7-8,12H,4-6,9-11H2,1-3H3,(H,22,23)(H2,19,20,21). The summed E-state index contributed by atoms with van der Waals surface area (Å²) in [5.41, 5.74) is 1.88. The van der Waals surface area contributed by atoms with E-state index in [1.807, 2.05) is 25.1 Å². The molecule has 6 heteroatoms. The molecule has 1 aromatic rings. The van der Waals surface area contributed by atoms with Crippen LogP contribution in [0, 0.1) is 6.92 Å². The average Bonchev–Trinajstić information content (AvgIpc) is 2.52. The Morgan fingerprint density at radius 1 is 1.22 bits per heavy atom. The van der Waals surface area contributed by atoms with E-state index in [2.05, 4.69) is 43.8 Å². The summed E-state index contributed by atoms with van der Waals surface area (Å²) in [4.78, 5) is 16.1. The zero-order chi connectivity index (χ0) is 17.1. The Balaban J connectivity index is 2.29. The number of nitrogens with zero attached hydrogens (tertiary/aromatic N) is 1. The van der Waals surface area contributed by atoms with Gasteiger partial charge in [-0.3, -0.25) is 9.79 Å². The topological polar surface area (TPSA) is 65.5 Å². The number of halogens is 1. The lowest BCUT2D eigenvalue weighted by Gasteiger charge is -2.12. The van der Waals surface area contributed by atoms with E-state index in [1.54, 1.807) is 7.05 Å². The normalized spacial score (nSPS) is 11.2. The SMILES string of the molecule is CCCCCNC(=NC)NCCC(=O)Nc1ccc(Br)cc1C. The van der Waals surface area contributed by atoms with Gasteiger partial charge < -0.3 is 16.0 Å². The summed E-state index contributed by atoms with van der Waals surface area (Å²) in [6.07, 6.45) is 3.92. The van der Waals surface area contributed by atoms with Crippen molar-refractivity contribution in [2.45, 2.75) is 39.5 Å². The Labute approximate surface area is 147 Å². The Kier molecular flexibility index (Phi) is 9.36. The van der Waals surface area contributed by atoms with Crippen molar-refractivity contribution in [2.75, 3.05) is 25.5 Å². The number of rotatable bonds is 8. The van der Waals surface area contributed by atoms with E-state index in [0.29, 0.717) is 13.0 Å². The Bertz CT molecular complexity index is 531. The van der Waals surface area contributed by atoms with Gasteiger partial charge in [-0.05, 0) is 37.1 Å². The van der Waals surface area contributed by atoms with Crippen molar-refractivity contribution in [3.05, 3.63) is 28.2 Å². The summed E-state index contributed by atoms with van der Waals surface area (Å²) in [6, 6.07) is 5.80. The molecule has 1 aromatic carbocycles. The minimum atomic E-state index is -0.00985. The predicted molar refractivity (Wildman–Crippen MR) is 101 cm³/mol. The zero-order valence-corrected chi connectivity index (χ0v) is 15.8. The molecule has 0 atom stereocenters. The summed E-state index contributed by atoms with van der Waals surface area (Å²) in [6.45, 7) is 5.60. The molecule has 1 amide bonds. The molecular weight excluding hydrogens is 356 g/mol. The highest BCUT2D eigenvalue weighted by Gasteiger charge is 2.05. The summed E-state index contributed by atoms with van der Waals surface area (Å²) in [5, 5.41) is 9.33. The molecular formula is C17H27BrN4O. The Morgan fingerprint density at radius 3 is 2.61 bits per heavy atom. The molecule has 0 aliphatic heterocycles. The van der Waals surface area contributed by atoms with Crippen molar-refractivity contribution in [1.29, 1.82) is 0 Å². The quantitative estimate of drug-likeness (QED) is 0.366. The van der Waals surface area contributed by atoms with Gasteiger partial charge in [-0.2, -0.15) is 0 Å². The smallest absolute Gasteiger partial charge is 0.226 e. The van der Waals surface area contributed by atoms with Crippen LogP contribution in [-0.4, -0.2) is 32.0 Å². The minimum absolute atomic E-state index is 0.00985. The number of amides is 1. The molecule has 23 heavy (non-hydrogen) atoms. The molecule has 0 aliphatic carbocycles. The lowest BCUT2D eigenvalue weighted by Crippen LogP contribution is -2.39. The first-order valence-corrected chi connectivity index (χ1v) is 8.86. The molecule has 0 spiro atoms. The number of aliphatic imine (C=N–C) groups is 1. The first-order chi connectivity index (χ1) is 11.1. The van der Waals surface area contributed by atoms with Crippen LogP contribution in [-0.2, 0) is 4.79 Å². The Morgan fingerprint density at radius 2 is 1.96 bits per heavy atom. The van der Waals surface area contributed by atoms with Crippen LogP contribution in [0.5, 0.6) is 0 Å². The number of aryl methyl sites for hydroxylation is 1. The van der Waals surface area contributed by atoms with E-state index < -0.39 is 0 Å². The van der Waals surface area contributed by atoms with E-state index in [0.717, 1.165) is 34.6 Å². The van der Waals surface area contributed by atoms with Crippen molar-refractivity contribution >= 4 is 33.5 Å². The molecule has 0 saturated carbocycles. The van der Waals surface area contributed by atoms with Crippen molar-refractivity contribution in [2.24, 2.45) is 4.99 Å². The number of hydrogen-bond acceptors (Lipinski definition) is 2. The molecule has 0 aliphatic rings. The van der Waals surface area contributed by atoms with Crippen molar-refractivity contribution in [1.82, 2.24) is 10.6 Å². The third-order valence-electron chi connectivity index (χ3n) is 3.40. The van der Waals surface area contributed by atoms with Gasteiger partial charge in [0.15, 0.2) is 5.96 Å². The molecule has 0 unspecified atom stereocenters. The van der Waals surface area contributed by atoms with Gasteiger partial charge >= 0.3 is 0 Å². The first-order valence-electron chi connectivity index (χ1n) is 8.07. The number of anilines is 1. The van der Waals surface area contributed by atoms with Gasteiger partial charge in [-0.1, -0.05) is 35.7 Å². The maximum atomic E-state index is 12.0. The Hall–Kier alpha value is -1.56. The molecule has 5 nitrogen and oxygen atoms in total. The predicted octanol–water partition coefficient (Wildman–Crippen LogP) is 3.44. The second-order valence-corrected chi connectivity index (χ2v) is 6.31. The van der Waals surface area contributed by atoms with Crippen LogP contribution in [0.2, 0.25) is 0 Å². The zero-order valence-electron chi connectivity index (χ0n) is 14.2. The molecule has 0 fully saturated rings. The summed E-state index contributed by atoms with van der Waals surface area (Å²) in [7, 11) is 1.74. The minimum Gasteiger partial charge on any atom is -0.356 e. The second kappa shape index (κ2) is 11.0. The maximum Gasteiger partial charge on any atom is 0.226 e. The van der Waals surface area contributed by atoms with Crippen molar-refractivity contribution in [3.8, 4) is 0 Å². The molecule has 1 rings (SSSR count). The molecule has 3 N–H and O–H groups in total. The molecule has 0 radical (unpaired) electrons. The maximum absolute atomic E-state index is 12.0. The fourth-order valence-electron chi connectivity index (χ4n) is 2.08. The number of benzene rings is 1. The van der Waals surface area contributed by atoms with Crippen LogP contribution in [0.15, 0.2) is 27.7 Å². The van der Waals surface area contributed by atoms with Crippen LogP contribution >= 0.6 is 15.9 Å². The number of guanidine groups is 1. The third kappa shape index (κ3) is 8.02. The lowest BCUT2D eigenvalue weighted by atomic mass is 10.2. The summed E-state index contributed by atoms with van der Waals surface area (Å²) < 4.78 is 1.01. The fraction of sp³-hybridized carbons (Fsp3) is 0.529. The molecule has 0 aromatic heterocycles. The van der Waals surface area contributed by atoms with E-state index in [4.69, 9.17) is 0 Å². The number of nitrogens with one attached hydrogen (secondary N) is 3. The van der Waals surface area contributed by atoms with Crippen LogP contribution in [0.4, 0.5) is 5.69 Å². The van der Waals surface area contributed by atoms with Crippen LogP contribution in [0.25, 0.3) is 0 Å². The summed E-state index contributed by atoms with van der Waals surface area (Å²) in [5.74, 6) is 0.734.